The fourth-order valence-corrected chi connectivity index (χ4v) is 2.25. The number of rotatable bonds is 9. The van der Waals surface area contributed by atoms with E-state index < -0.39 is 0 Å². The number of hydrogen-bond donors (Lipinski definition) is 1. The van der Waals surface area contributed by atoms with E-state index in [0.717, 1.165) is 37.5 Å². The van der Waals surface area contributed by atoms with Crippen LogP contribution in [0.15, 0.2) is 24.3 Å². The predicted octanol–water partition coefficient (Wildman–Crippen LogP) is 2.81. The average Bonchev–Trinajstić information content (AvgIpc) is 2.44. The SMILES string of the molecule is CCCCOc1ccc(C(=O)NSCCN(C)C)cc1. The number of carbonyl (C=O) groups is 1. The Morgan fingerprint density at radius 3 is 2.60 bits per heavy atom. The molecule has 0 saturated heterocycles. The third-order valence-corrected chi connectivity index (χ3v) is 3.40. The zero-order valence-corrected chi connectivity index (χ0v) is 13.3. The standard InChI is InChI=1S/C15H24N2O2S/c1-4-5-11-19-14-8-6-13(7-9-14)15(18)16-20-12-10-17(2)3/h6-9H,4-5,10-12H2,1-3H3,(H,16,18). The second-order valence-electron chi connectivity index (χ2n) is 4.81. The van der Waals surface area contributed by atoms with Crippen LogP contribution in [0.25, 0.3) is 0 Å². The van der Waals surface area contributed by atoms with Crippen LogP contribution in [-0.2, 0) is 0 Å². The number of ether oxygens (including phenoxy) is 1. The van der Waals surface area contributed by atoms with Crippen LogP contribution in [0.4, 0.5) is 0 Å². The lowest BCUT2D eigenvalue weighted by Gasteiger charge is -2.09. The lowest BCUT2D eigenvalue weighted by Crippen LogP contribution is -2.20. The van der Waals surface area contributed by atoms with E-state index in [0.29, 0.717) is 5.56 Å². The van der Waals surface area contributed by atoms with Gasteiger partial charge in [0.15, 0.2) is 0 Å². The quantitative estimate of drug-likeness (QED) is 0.562. The van der Waals surface area contributed by atoms with Crippen LogP contribution < -0.4 is 9.46 Å². The molecule has 112 valence electrons. The molecule has 0 aromatic heterocycles. The minimum Gasteiger partial charge on any atom is -0.494 e. The number of nitrogens with one attached hydrogen (secondary N) is 1. The molecule has 0 atom stereocenters. The Balaban J connectivity index is 2.33. The van der Waals surface area contributed by atoms with E-state index in [-0.39, 0.29) is 5.91 Å². The molecule has 0 aliphatic carbocycles. The van der Waals surface area contributed by atoms with E-state index in [9.17, 15) is 4.79 Å². The zero-order chi connectivity index (χ0) is 14.8. The van der Waals surface area contributed by atoms with Gasteiger partial charge in [-0.25, -0.2) is 0 Å². The Labute approximate surface area is 126 Å². The number of nitrogens with zero attached hydrogens (tertiary/aromatic N) is 1. The number of benzene rings is 1. The first kappa shape index (κ1) is 16.9. The highest BCUT2D eigenvalue weighted by atomic mass is 32.2. The summed E-state index contributed by atoms with van der Waals surface area (Å²) in [5, 5.41) is 0. The summed E-state index contributed by atoms with van der Waals surface area (Å²) in [6.07, 6.45) is 2.16. The first-order chi connectivity index (χ1) is 9.63. The van der Waals surface area contributed by atoms with Crippen molar-refractivity contribution < 1.29 is 9.53 Å². The fourth-order valence-electron chi connectivity index (χ4n) is 1.44. The van der Waals surface area contributed by atoms with Gasteiger partial charge in [0.05, 0.1) is 6.61 Å². The third-order valence-electron chi connectivity index (χ3n) is 2.69. The molecule has 1 amide bonds. The van der Waals surface area contributed by atoms with Crippen molar-refractivity contribution in [3.8, 4) is 5.75 Å². The Kier molecular flexibility index (Phi) is 8.14. The maximum Gasteiger partial charge on any atom is 0.261 e. The van der Waals surface area contributed by atoms with Gasteiger partial charge in [0.1, 0.15) is 5.75 Å². The minimum atomic E-state index is -0.0612. The molecule has 0 spiro atoms. The van der Waals surface area contributed by atoms with Gasteiger partial charge in [-0.05, 0) is 56.7 Å². The summed E-state index contributed by atoms with van der Waals surface area (Å²) >= 11 is 1.43. The summed E-state index contributed by atoms with van der Waals surface area (Å²) in [6, 6.07) is 7.27. The molecule has 0 bridgehead atoms. The van der Waals surface area contributed by atoms with E-state index >= 15 is 0 Å². The van der Waals surface area contributed by atoms with Gasteiger partial charge < -0.3 is 9.64 Å². The van der Waals surface area contributed by atoms with E-state index in [2.05, 4.69) is 16.5 Å². The minimum absolute atomic E-state index is 0.0612. The summed E-state index contributed by atoms with van der Waals surface area (Å²) in [4.78, 5) is 14.0. The van der Waals surface area contributed by atoms with Crippen molar-refractivity contribution >= 4 is 17.9 Å². The van der Waals surface area contributed by atoms with Crippen LogP contribution in [0, 0.1) is 0 Å². The van der Waals surface area contributed by atoms with Gasteiger partial charge in [0.25, 0.3) is 5.91 Å². The molecule has 1 aromatic carbocycles. The molecule has 1 aromatic rings. The Morgan fingerprint density at radius 1 is 1.30 bits per heavy atom. The molecule has 0 aliphatic heterocycles. The molecule has 0 aliphatic rings. The maximum absolute atomic E-state index is 11.9. The van der Waals surface area contributed by atoms with E-state index in [4.69, 9.17) is 4.74 Å². The topological polar surface area (TPSA) is 41.6 Å². The van der Waals surface area contributed by atoms with Gasteiger partial charge in [0, 0.05) is 17.9 Å². The Hall–Kier alpha value is -1.20. The predicted molar refractivity (Wildman–Crippen MR) is 85.3 cm³/mol. The van der Waals surface area contributed by atoms with Crippen LogP contribution in [0.5, 0.6) is 5.75 Å². The fraction of sp³-hybridized carbons (Fsp3) is 0.533. The molecular weight excluding hydrogens is 272 g/mol. The van der Waals surface area contributed by atoms with Crippen molar-refractivity contribution in [2.45, 2.75) is 19.8 Å². The summed E-state index contributed by atoms with van der Waals surface area (Å²) < 4.78 is 8.40. The molecule has 0 heterocycles. The van der Waals surface area contributed by atoms with Gasteiger partial charge in [-0.15, -0.1) is 0 Å². The summed E-state index contributed by atoms with van der Waals surface area (Å²) in [6.45, 7) is 3.79. The third kappa shape index (κ3) is 6.82. The van der Waals surface area contributed by atoms with Crippen LogP contribution in [0.2, 0.25) is 0 Å². The van der Waals surface area contributed by atoms with Crippen molar-refractivity contribution in [2.24, 2.45) is 0 Å². The van der Waals surface area contributed by atoms with Crippen LogP contribution in [0.1, 0.15) is 30.1 Å². The largest absolute Gasteiger partial charge is 0.494 e. The second-order valence-corrected chi connectivity index (χ2v) is 5.71. The van der Waals surface area contributed by atoms with Crippen molar-refractivity contribution in [3.63, 3.8) is 0 Å². The maximum atomic E-state index is 11.9. The highest BCUT2D eigenvalue weighted by Gasteiger charge is 2.05. The zero-order valence-electron chi connectivity index (χ0n) is 12.5. The number of carbonyl (C=O) groups excluding carboxylic acids is 1. The van der Waals surface area contributed by atoms with Crippen LogP contribution in [0.3, 0.4) is 0 Å². The van der Waals surface area contributed by atoms with E-state index in [1.807, 2.05) is 26.2 Å². The molecular formula is C15H24N2O2S. The lowest BCUT2D eigenvalue weighted by molar-refractivity contribution is 0.0984. The van der Waals surface area contributed by atoms with Crippen LogP contribution in [-0.4, -0.2) is 43.8 Å². The van der Waals surface area contributed by atoms with Gasteiger partial charge >= 0.3 is 0 Å². The monoisotopic (exact) mass is 296 g/mol. The highest BCUT2D eigenvalue weighted by Crippen LogP contribution is 2.13. The highest BCUT2D eigenvalue weighted by molar-refractivity contribution is 7.97. The smallest absolute Gasteiger partial charge is 0.261 e. The number of hydrogen-bond acceptors (Lipinski definition) is 4. The summed E-state index contributed by atoms with van der Waals surface area (Å²) in [7, 11) is 4.03. The summed E-state index contributed by atoms with van der Waals surface area (Å²) in [5.74, 6) is 1.63. The normalized spacial score (nSPS) is 10.6. The van der Waals surface area contributed by atoms with E-state index in [1.54, 1.807) is 12.1 Å². The average molecular weight is 296 g/mol. The van der Waals surface area contributed by atoms with Crippen molar-refractivity contribution in [1.82, 2.24) is 9.62 Å². The number of amides is 1. The lowest BCUT2D eigenvalue weighted by atomic mass is 10.2. The molecule has 1 rings (SSSR count). The molecule has 0 saturated carbocycles. The molecule has 0 fully saturated rings. The van der Waals surface area contributed by atoms with Crippen molar-refractivity contribution in [3.05, 3.63) is 29.8 Å². The van der Waals surface area contributed by atoms with Crippen molar-refractivity contribution in [1.29, 1.82) is 0 Å². The first-order valence-corrected chi connectivity index (χ1v) is 7.91. The van der Waals surface area contributed by atoms with Gasteiger partial charge in [-0.2, -0.15) is 0 Å². The first-order valence-electron chi connectivity index (χ1n) is 6.93. The molecule has 0 unspecified atom stereocenters. The molecule has 20 heavy (non-hydrogen) atoms. The molecule has 1 N–H and O–H groups in total. The van der Waals surface area contributed by atoms with Crippen molar-refractivity contribution in [2.75, 3.05) is 33.0 Å². The summed E-state index contributed by atoms with van der Waals surface area (Å²) in [5.41, 5.74) is 0.658. The van der Waals surface area contributed by atoms with Gasteiger partial charge in [-0.1, -0.05) is 13.3 Å². The van der Waals surface area contributed by atoms with Crippen LogP contribution >= 0.6 is 11.9 Å². The Morgan fingerprint density at radius 2 is 2.00 bits per heavy atom. The molecule has 5 heteroatoms. The second kappa shape index (κ2) is 9.66. The van der Waals surface area contributed by atoms with E-state index in [1.165, 1.54) is 11.9 Å². The van der Waals surface area contributed by atoms with Gasteiger partial charge in [0.2, 0.25) is 0 Å². The Bertz CT molecular complexity index is 393. The molecule has 4 nitrogen and oxygen atoms in total. The molecule has 0 radical (unpaired) electrons. The number of unbranched alkanes of at least 4 members (excludes halogenated alkanes) is 1. The van der Waals surface area contributed by atoms with Gasteiger partial charge in [-0.3, -0.25) is 9.52 Å².